The van der Waals surface area contributed by atoms with Crippen molar-refractivity contribution in [1.29, 1.82) is 0 Å². The van der Waals surface area contributed by atoms with Crippen molar-refractivity contribution in [2.24, 2.45) is 0 Å². The van der Waals surface area contributed by atoms with Crippen LogP contribution in [0.4, 0.5) is 0 Å². The van der Waals surface area contributed by atoms with Gasteiger partial charge in [-0.1, -0.05) is 23.2 Å². The molecule has 0 bridgehead atoms. The zero-order valence-corrected chi connectivity index (χ0v) is 13.4. The molecule has 0 aliphatic carbocycles. The molecule has 1 aromatic rings. The van der Waals surface area contributed by atoms with Gasteiger partial charge in [0.1, 0.15) is 18.5 Å². The van der Waals surface area contributed by atoms with Gasteiger partial charge in [-0.3, -0.25) is 0 Å². The molecule has 0 saturated heterocycles. The highest BCUT2D eigenvalue weighted by Crippen LogP contribution is 2.27. The van der Waals surface area contributed by atoms with E-state index in [1.807, 2.05) is 13.8 Å². The molecular weight excluding hydrogens is 301 g/mol. The first-order valence-electron chi connectivity index (χ1n) is 6.41. The topological polar surface area (TPSA) is 61.7 Å². The highest BCUT2D eigenvalue weighted by Gasteiger charge is 2.24. The monoisotopic (exact) mass is 321 g/mol. The first-order valence-corrected chi connectivity index (χ1v) is 7.17. The predicted octanol–water partition coefficient (Wildman–Crippen LogP) is 2.48. The Morgan fingerprint density at radius 2 is 1.95 bits per heavy atom. The highest BCUT2D eigenvalue weighted by molar-refractivity contribution is 6.35. The number of β-amino-alcohol motifs (C(OH)–C–C–N with tert-alkyl or cyclic N) is 1. The fourth-order valence-corrected chi connectivity index (χ4v) is 1.83. The second-order valence-electron chi connectivity index (χ2n) is 5.32. The van der Waals surface area contributed by atoms with Crippen LogP contribution in [0.1, 0.15) is 20.8 Å². The molecule has 0 radical (unpaired) electrons. The van der Waals surface area contributed by atoms with Crippen LogP contribution in [-0.4, -0.2) is 41.1 Å². The lowest BCUT2D eigenvalue weighted by atomic mass is 9.99. The van der Waals surface area contributed by atoms with E-state index >= 15 is 0 Å². The fourth-order valence-electron chi connectivity index (χ4n) is 1.37. The van der Waals surface area contributed by atoms with Gasteiger partial charge in [0.25, 0.3) is 0 Å². The normalized spacial score (nSPS) is 14.9. The molecule has 114 valence electrons. The van der Waals surface area contributed by atoms with Gasteiger partial charge < -0.3 is 20.3 Å². The minimum atomic E-state index is -0.709. The Bertz CT molecular complexity index is 438. The summed E-state index contributed by atoms with van der Waals surface area (Å²) in [4.78, 5) is 0. The maximum absolute atomic E-state index is 9.86. The van der Waals surface area contributed by atoms with E-state index in [1.54, 1.807) is 25.1 Å². The van der Waals surface area contributed by atoms with Crippen LogP contribution in [0, 0.1) is 0 Å². The van der Waals surface area contributed by atoms with Gasteiger partial charge in [-0.2, -0.15) is 0 Å². The first-order chi connectivity index (χ1) is 9.22. The quantitative estimate of drug-likeness (QED) is 0.722. The van der Waals surface area contributed by atoms with Crippen LogP contribution in [0.3, 0.4) is 0 Å². The van der Waals surface area contributed by atoms with Gasteiger partial charge in [0.15, 0.2) is 0 Å². The van der Waals surface area contributed by atoms with Gasteiger partial charge in [0, 0.05) is 17.1 Å². The Labute approximate surface area is 129 Å². The molecule has 0 aliphatic rings. The molecule has 1 aromatic carbocycles. The van der Waals surface area contributed by atoms with E-state index in [1.165, 1.54) is 0 Å². The van der Waals surface area contributed by atoms with Crippen LogP contribution in [-0.2, 0) is 0 Å². The Kier molecular flexibility index (Phi) is 6.55. The zero-order valence-electron chi connectivity index (χ0n) is 11.9. The van der Waals surface area contributed by atoms with E-state index in [-0.39, 0.29) is 6.61 Å². The van der Waals surface area contributed by atoms with Crippen LogP contribution in [0.25, 0.3) is 0 Å². The van der Waals surface area contributed by atoms with Gasteiger partial charge in [-0.15, -0.1) is 0 Å². The highest BCUT2D eigenvalue weighted by atomic mass is 35.5. The summed E-state index contributed by atoms with van der Waals surface area (Å²) in [6, 6.07) is 4.91. The van der Waals surface area contributed by atoms with Gasteiger partial charge in [-0.05, 0) is 39.0 Å². The molecule has 2 unspecified atom stereocenters. The van der Waals surface area contributed by atoms with Crippen LogP contribution in [0.5, 0.6) is 5.75 Å². The maximum atomic E-state index is 9.86. The minimum absolute atomic E-state index is 0.101. The van der Waals surface area contributed by atoms with E-state index in [9.17, 15) is 10.2 Å². The largest absolute Gasteiger partial charge is 0.489 e. The number of halogens is 2. The lowest BCUT2D eigenvalue weighted by Crippen LogP contribution is -2.51. The lowest BCUT2D eigenvalue weighted by molar-refractivity contribution is 0.0648. The van der Waals surface area contributed by atoms with Crippen molar-refractivity contribution in [1.82, 2.24) is 5.32 Å². The molecule has 3 N–H and O–H groups in total. The second-order valence-corrected chi connectivity index (χ2v) is 6.16. The number of aliphatic hydroxyl groups excluding tert-OH is 2. The molecule has 4 nitrogen and oxygen atoms in total. The van der Waals surface area contributed by atoms with E-state index in [2.05, 4.69) is 5.32 Å². The Balaban J connectivity index is 2.42. The molecule has 0 fully saturated rings. The SMILES string of the molecule is CC(O)C(C)(C)NCC(O)COc1ccc(Cl)cc1Cl. The molecule has 2 atom stereocenters. The number of benzene rings is 1. The van der Waals surface area contributed by atoms with E-state index in [4.69, 9.17) is 27.9 Å². The lowest BCUT2D eigenvalue weighted by Gasteiger charge is -2.30. The van der Waals surface area contributed by atoms with Gasteiger partial charge in [0.2, 0.25) is 0 Å². The molecule has 20 heavy (non-hydrogen) atoms. The summed E-state index contributed by atoms with van der Waals surface area (Å²) in [7, 11) is 0. The number of hydrogen-bond donors (Lipinski definition) is 3. The first kappa shape index (κ1) is 17.5. The number of rotatable bonds is 7. The van der Waals surface area contributed by atoms with Crippen LogP contribution in [0.2, 0.25) is 10.0 Å². The summed E-state index contributed by atoms with van der Waals surface area (Å²) in [5.41, 5.74) is -0.473. The second kappa shape index (κ2) is 7.48. The van der Waals surface area contributed by atoms with Crippen LogP contribution < -0.4 is 10.1 Å². The molecule has 0 aromatic heterocycles. The van der Waals surface area contributed by atoms with Gasteiger partial charge >= 0.3 is 0 Å². The zero-order chi connectivity index (χ0) is 15.3. The summed E-state index contributed by atoms with van der Waals surface area (Å²) in [6.45, 7) is 5.83. The number of hydrogen-bond acceptors (Lipinski definition) is 4. The minimum Gasteiger partial charge on any atom is -0.489 e. The molecule has 0 spiro atoms. The van der Waals surface area contributed by atoms with Crippen molar-refractivity contribution < 1.29 is 14.9 Å². The van der Waals surface area contributed by atoms with E-state index in [0.29, 0.717) is 22.3 Å². The van der Waals surface area contributed by atoms with Crippen molar-refractivity contribution in [3.8, 4) is 5.75 Å². The predicted molar refractivity (Wildman–Crippen MR) is 81.7 cm³/mol. The van der Waals surface area contributed by atoms with Crippen LogP contribution >= 0.6 is 23.2 Å². The van der Waals surface area contributed by atoms with Crippen molar-refractivity contribution in [3.05, 3.63) is 28.2 Å². The summed E-state index contributed by atoms with van der Waals surface area (Å²) in [5, 5.41) is 23.4. The average Bonchev–Trinajstić information content (AvgIpc) is 2.35. The molecule has 0 aliphatic heterocycles. The Morgan fingerprint density at radius 1 is 1.30 bits per heavy atom. The molecular formula is C14H21Cl2NO3. The standard InChI is InChI=1S/C14H21Cl2NO3/c1-9(18)14(2,3)17-7-11(19)8-20-13-5-4-10(15)6-12(13)16/h4-6,9,11,17-19H,7-8H2,1-3H3. The third kappa shape index (κ3) is 5.46. The summed E-state index contributed by atoms with van der Waals surface area (Å²) in [6.07, 6.45) is -1.24. The fraction of sp³-hybridized carbons (Fsp3) is 0.571. The number of nitrogens with one attached hydrogen (secondary N) is 1. The van der Waals surface area contributed by atoms with Gasteiger partial charge in [0.05, 0.1) is 11.1 Å². The average molecular weight is 322 g/mol. The third-order valence-corrected chi connectivity index (χ3v) is 3.69. The number of ether oxygens (including phenoxy) is 1. The molecule has 0 heterocycles. The maximum Gasteiger partial charge on any atom is 0.138 e. The molecule has 0 saturated carbocycles. The summed E-state index contributed by atoms with van der Waals surface area (Å²) >= 11 is 11.8. The molecule has 6 heteroatoms. The van der Waals surface area contributed by atoms with E-state index in [0.717, 1.165) is 0 Å². The Hall–Kier alpha value is -0.520. The smallest absolute Gasteiger partial charge is 0.138 e. The number of aliphatic hydroxyl groups is 2. The van der Waals surface area contributed by atoms with Crippen molar-refractivity contribution in [2.75, 3.05) is 13.2 Å². The Morgan fingerprint density at radius 3 is 2.50 bits per heavy atom. The van der Waals surface area contributed by atoms with Crippen LogP contribution in [0.15, 0.2) is 18.2 Å². The molecule has 0 amide bonds. The summed E-state index contributed by atoms with van der Waals surface area (Å²) in [5.74, 6) is 0.477. The van der Waals surface area contributed by atoms with Crippen molar-refractivity contribution >= 4 is 23.2 Å². The molecule has 1 rings (SSSR count). The van der Waals surface area contributed by atoms with Crippen molar-refractivity contribution in [3.63, 3.8) is 0 Å². The van der Waals surface area contributed by atoms with E-state index < -0.39 is 17.7 Å². The van der Waals surface area contributed by atoms with Crippen molar-refractivity contribution in [2.45, 2.75) is 38.5 Å². The van der Waals surface area contributed by atoms with Gasteiger partial charge in [-0.25, -0.2) is 0 Å². The third-order valence-electron chi connectivity index (χ3n) is 3.16. The summed E-state index contributed by atoms with van der Waals surface area (Å²) < 4.78 is 5.44.